The van der Waals surface area contributed by atoms with E-state index in [9.17, 15) is 9.90 Å². The van der Waals surface area contributed by atoms with E-state index in [1.165, 1.54) is 21.7 Å². The van der Waals surface area contributed by atoms with Crippen molar-refractivity contribution in [3.8, 4) is 0 Å². The lowest BCUT2D eigenvalue weighted by molar-refractivity contribution is -0.140. The molecule has 1 saturated carbocycles. The van der Waals surface area contributed by atoms with Crippen molar-refractivity contribution in [1.82, 2.24) is 0 Å². The molecule has 1 heterocycles. The molecule has 0 radical (unpaired) electrons. The van der Waals surface area contributed by atoms with Gasteiger partial charge in [0.25, 0.3) is 0 Å². The standard InChI is InChI=1S/C16H25NO2S/c1-11-8-13(12(2)20-11)14(17)9-16(10-15(18)19)6-4-3-5-7-16/h8,14H,3-7,9-10,17H2,1-2H3,(H,18,19). The van der Waals surface area contributed by atoms with E-state index in [-0.39, 0.29) is 17.9 Å². The van der Waals surface area contributed by atoms with Gasteiger partial charge in [0.2, 0.25) is 0 Å². The van der Waals surface area contributed by atoms with Crippen molar-refractivity contribution in [2.45, 2.75) is 64.8 Å². The summed E-state index contributed by atoms with van der Waals surface area (Å²) in [6.45, 7) is 4.21. The van der Waals surface area contributed by atoms with Crippen LogP contribution in [0, 0.1) is 19.3 Å². The molecule has 3 nitrogen and oxygen atoms in total. The maximum absolute atomic E-state index is 11.2. The summed E-state index contributed by atoms with van der Waals surface area (Å²) in [5.74, 6) is -0.683. The second-order valence-electron chi connectivity index (χ2n) is 6.31. The Morgan fingerprint density at radius 1 is 1.40 bits per heavy atom. The van der Waals surface area contributed by atoms with E-state index >= 15 is 0 Å². The van der Waals surface area contributed by atoms with Crippen molar-refractivity contribution in [3.05, 3.63) is 21.4 Å². The van der Waals surface area contributed by atoms with E-state index in [0.717, 1.165) is 32.1 Å². The van der Waals surface area contributed by atoms with Crippen molar-refractivity contribution in [1.29, 1.82) is 0 Å². The lowest BCUT2D eigenvalue weighted by Crippen LogP contribution is -2.31. The van der Waals surface area contributed by atoms with Gasteiger partial charge in [-0.25, -0.2) is 0 Å². The number of thiophene rings is 1. The fourth-order valence-corrected chi connectivity index (χ4v) is 4.67. The zero-order valence-corrected chi connectivity index (χ0v) is 13.3. The van der Waals surface area contributed by atoms with Crippen LogP contribution >= 0.6 is 11.3 Å². The van der Waals surface area contributed by atoms with Gasteiger partial charge < -0.3 is 10.8 Å². The van der Waals surface area contributed by atoms with E-state index in [1.807, 2.05) is 0 Å². The fraction of sp³-hybridized carbons (Fsp3) is 0.688. The summed E-state index contributed by atoms with van der Waals surface area (Å²) in [7, 11) is 0. The Bertz CT molecular complexity index is 475. The first-order valence-corrected chi connectivity index (χ1v) is 8.28. The first-order valence-electron chi connectivity index (χ1n) is 7.46. The lowest BCUT2D eigenvalue weighted by atomic mass is 9.67. The summed E-state index contributed by atoms with van der Waals surface area (Å²) in [5, 5.41) is 9.23. The molecule has 1 aromatic heterocycles. The Labute approximate surface area is 125 Å². The molecule has 20 heavy (non-hydrogen) atoms. The second-order valence-corrected chi connectivity index (χ2v) is 7.77. The van der Waals surface area contributed by atoms with E-state index in [1.54, 1.807) is 11.3 Å². The van der Waals surface area contributed by atoms with Gasteiger partial charge in [-0.05, 0) is 50.2 Å². The van der Waals surface area contributed by atoms with Crippen LogP contribution in [0.25, 0.3) is 0 Å². The van der Waals surface area contributed by atoms with Crippen LogP contribution in [-0.2, 0) is 4.79 Å². The third-order valence-electron chi connectivity index (χ3n) is 4.57. The largest absolute Gasteiger partial charge is 0.481 e. The van der Waals surface area contributed by atoms with Gasteiger partial charge in [0.15, 0.2) is 0 Å². The molecule has 1 unspecified atom stereocenters. The quantitative estimate of drug-likeness (QED) is 0.856. The monoisotopic (exact) mass is 295 g/mol. The van der Waals surface area contributed by atoms with Crippen LogP contribution < -0.4 is 5.73 Å². The molecule has 4 heteroatoms. The number of aryl methyl sites for hydroxylation is 2. The Hall–Kier alpha value is -0.870. The normalized spacial score (nSPS) is 19.8. The van der Waals surface area contributed by atoms with Crippen molar-refractivity contribution in [2.24, 2.45) is 11.1 Å². The van der Waals surface area contributed by atoms with Crippen LogP contribution in [0.4, 0.5) is 0 Å². The molecule has 1 aromatic rings. The topological polar surface area (TPSA) is 63.3 Å². The molecule has 0 spiro atoms. The number of carboxylic acids is 1. The molecule has 112 valence electrons. The highest BCUT2D eigenvalue weighted by Gasteiger charge is 2.36. The summed E-state index contributed by atoms with van der Waals surface area (Å²) < 4.78 is 0. The highest BCUT2D eigenvalue weighted by Crippen LogP contribution is 2.45. The third kappa shape index (κ3) is 3.61. The van der Waals surface area contributed by atoms with Gasteiger partial charge in [0, 0.05) is 15.8 Å². The van der Waals surface area contributed by atoms with E-state index in [2.05, 4.69) is 19.9 Å². The summed E-state index contributed by atoms with van der Waals surface area (Å²) in [6, 6.07) is 2.14. The van der Waals surface area contributed by atoms with E-state index < -0.39 is 5.97 Å². The molecule has 0 bridgehead atoms. The van der Waals surface area contributed by atoms with E-state index in [4.69, 9.17) is 5.73 Å². The molecule has 1 fully saturated rings. The number of hydrogen-bond acceptors (Lipinski definition) is 3. The fourth-order valence-electron chi connectivity index (χ4n) is 3.67. The first kappa shape index (κ1) is 15.5. The maximum atomic E-state index is 11.2. The minimum absolute atomic E-state index is 0.0302. The van der Waals surface area contributed by atoms with Gasteiger partial charge in [0.1, 0.15) is 0 Å². The molecule has 0 saturated heterocycles. The van der Waals surface area contributed by atoms with Crippen LogP contribution in [0.2, 0.25) is 0 Å². The predicted octanol–water partition coefficient (Wildman–Crippen LogP) is 4.18. The predicted molar refractivity (Wildman–Crippen MR) is 83.1 cm³/mol. The molecule has 2 rings (SSSR count). The highest BCUT2D eigenvalue weighted by atomic mass is 32.1. The summed E-state index contributed by atoms with van der Waals surface area (Å²) in [4.78, 5) is 13.8. The molecular formula is C16H25NO2S. The van der Waals surface area contributed by atoms with Gasteiger partial charge in [0.05, 0.1) is 6.42 Å². The maximum Gasteiger partial charge on any atom is 0.303 e. The first-order chi connectivity index (χ1) is 9.42. The number of carboxylic acid groups (broad SMARTS) is 1. The number of aliphatic carboxylic acids is 1. The Morgan fingerprint density at radius 2 is 2.05 bits per heavy atom. The number of rotatable bonds is 5. The van der Waals surface area contributed by atoms with Gasteiger partial charge in [-0.15, -0.1) is 11.3 Å². The van der Waals surface area contributed by atoms with Crippen molar-refractivity contribution in [3.63, 3.8) is 0 Å². The summed E-state index contributed by atoms with van der Waals surface area (Å²) in [6.07, 6.45) is 6.60. The van der Waals surface area contributed by atoms with Gasteiger partial charge in [-0.3, -0.25) is 4.79 Å². The van der Waals surface area contributed by atoms with Crippen molar-refractivity contribution in [2.75, 3.05) is 0 Å². The van der Waals surface area contributed by atoms with Gasteiger partial charge in [-0.1, -0.05) is 19.3 Å². The Morgan fingerprint density at radius 3 is 2.55 bits per heavy atom. The molecule has 1 atom stereocenters. The second kappa shape index (κ2) is 6.27. The molecule has 1 aliphatic rings. The minimum Gasteiger partial charge on any atom is -0.481 e. The smallest absolute Gasteiger partial charge is 0.303 e. The average molecular weight is 295 g/mol. The molecule has 0 aromatic carbocycles. The lowest BCUT2D eigenvalue weighted by Gasteiger charge is -2.38. The summed E-state index contributed by atoms with van der Waals surface area (Å²) >= 11 is 1.78. The number of carbonyl (C=O) groups is 1. The number of nitrogens with two attached hydrogens (primary N) is 1. The average Bonchev–Trinajstić information content (AvgIpc) is 2.68. The van der Waals surface area contributed by atoms with Crippen LogP contribution in [0.3, 0.4) is 0 Å². The highest BCUT2D eigenvalue weighted by molar-refractivity contribution is 7.12. The van der Waals surface area contributed by atoms with Crippen LogP contribution in [0.1, 0.15) is 66.3 Å². The Balaban J connectivity index is 2.14. The molecule has 1 aliphatic carbocycles. The zero-order valence-electron chi connectivity index (χ0n) is 12.4. The van der Waals surface area contributed by atoms with E-state index in [0.29, 0.717) is 0 Å². The summed E-state index contributed by atoms with van der Waals surface area (Å²) in [5.41, 5.74) is 7.53. The van der Waals surface area contributed by atoms with Crippen molar-refractivity contribution < 1.29 is 9.90 Å². The number of hydrogen-bond donors (Lipinski definition) is 2. The zero-order chi connectivity index (χ0) is 14.8. The molecule has 0 amide bonds. The van der Waals surface area contributed by atoms with Crippen LogP contribution in [-0.4, -0.2) is 11.1 Å². The SMILES string of the molecule is Cc1cc(C(N)CC2(CC(=O)O)CCCCC2)c(C)s1. The van der Waals surface area contributed by atoms with Gasteiger partial charge >= 0.3 is 5.97 Å². The minimum atomic E-state index is -0.683. The Kier molecular flexibility index (Phi) is 4.86. The van der Waals surface area contributed by atoms with Gasteiger partial charge in [-0.2, -0.15) is 0 Å². The van der Waals surface area contributed by atoms with Crippen molar-refractivity contribution >= 4 is 17.3 Å². The molecule has 0 aliphatic heterocycles. The molecular weight excluding hydrogens is 270 g/mol. The third-order valence-corrected chi connectivity index (χ3v) is 5.55. The van der Waals surface area contributed by atoms with Crippen LogP contribution in [0.15, 0.2) is 6.07 Å². The molecule has 3 N–H and O–H groups in total. The van der Waals surface area contributed by atoms with Crippen LogP contribution in [0.5, 0.6) is 0 Å².